The van der Waals surface area contributed by atoms with E-state index < -0.39 is 0 Å². The number of hydrogen-bond acceptors (Lipinski definition) is 2. The van der Waals surface area contributed by atoms with Crippen LogP contribution in [0.2, 0.25) is 0 Å². The van der Waals surface area contributed by atoms with Crippen LogP contribution in [0, 0.1) is 11.3 Å². The molecule has 0 amide bonds. The highest BCUT2D eigenvalue weighted by Gasteiger charge is 2.20. The van der Waals surface area contributed by atoms with Gasteiger partial charge in [-0.2, -0.15) is 5.26 Å². The normalized spacial score (nSPS) is 12.6. The molecule has 0 saturated heterocycles. The molecule has 3 rings (SSSR count). The molecule has 0 aliphatic heterocycles. The molecule has 27 heavy (non-hydrogen) atoms. The Balaban J connectivity index is 1.91. The van der Waals surface area contributed by atoms with E-state index in [-0.39, 0.29) is 17.5 Å². The van der Waals surface area contributed by atoms with Crippen molar-refractivity contribution in [3.63, 3.8) is 0 Å². The number of benzene rings is 3. The molecule has 0 aromatic heterocycles. The third kappa shape index (κ3) is 4.64. The zero-order valence-corrected chi connectivity index (χ0v) is 16.2. The summed E-state index contributed by atoms with van der Waals surface area (Å²) in [6.45, 7) is 6.59. The molecule has 0 radical (unpaired) electrons. The first-order valence-electron chi connectivity index (χ1n) is 9.35. The molecule has 0 heterocycles. The molecule has 1 atom stereocenters. The van der Waals surface area contributed by atoms with E-state index in [1.54, 1.807) is 0 Å². The minimum absolute atomic E-state index is 0.0423. The molecular formula is C25H26N2. The second-order valence-electron chi connectivity index (χ2n) is 7.86. The number of hydrogen-bond donors (Lipinski definition) is 1. The maximum Gasteiger partial charge on any atom is 0.122 e. The minimum atomic E-state index is -0.385. The molecule has 0 aliphatic rings. The molecule has 136 valence electrons. The fourth-order valence-electron chi connectivity index (χ4n) is 3.23. The summed E-state index contributed by atoms with van der Waals surface area (Å²) in [5.74, 6) is 0. The lowest BCUT2D eigenvalue weighted by molar-refractivity contribution is 0.557. The molecule has 3 aromatic rings. The molecule has 0 aliphatic carbocycles. The summed E-state index contributed by atoms with van der Waals surface area (Å²) in [7, 11) is 0. The van der Waals surface area contributed by atoms with E-state index in [4.69, 9.17) is 0 Å². The highest BCUT2D eigenvalue weighted by atomic mass is 15.0. The quantitative estimate of drug-likeness (QED) is 0.616. The van der Waals surface area contributed by atoms with Crippen molar-refractivity contribution in [1.82, 2.24) is 5.32 Å². The lowest BCUT2D eigenvalue weighted by atomic mass is 9.86. The summed E-state index contributed by atoms with van der Waals surface area (Å²) in [6, 6.07) is 30.9. The fraction of sp³-hybridized carbons (Fsp3) is 0.240. The van der Waals surface area contributed by atoms with Crippen LogP contribution in [-0.2, 0) is 5.41 Å². The van der Waals surface area contributed by atoms with Gasteiger partial charge in [0.2, 0.25) is 0 Å². The molecule has 2 heteroatoms. The lowest BCUT2D eigenvalue weighted by Crippen LogP contribution is -2.26. The van der Waals surface area contributed by atoms with Gasteiger partial charge in [-0.05, 0) is 27.7 Å². The maximum absolute atomic E-state index is 9.84. The summed E-state index contributed by atoms with van der Waals surface area (Å²) in [5.41, 5.74) is 4.66. The zero-order valence-electron chi connectivity index (χ0n) is 16.2. The maximum atomic E-state index is 9.84. The topological polar surface area (TPSA) is 35.8 Å². The monoisotopic (exact) mass is 354 g/mol. The number of nitriles is 1. The molecule has 3 aromatic carbocycles. The van der Waals surface area contributed by atoms with Gasteiger partial charge in [0, 0.05) is 0 Å². The van der Waals surface area contributed by atoms with E-state index in [9.17, 15) is 5.26 Å². The fourth-order valence-corrected chi connectivity index (χ4v) is 3.23. The van der Waals surface area contributed by atoms with Gasteiger partial charge in [-0.15, -0.1) is 0 Å². The lowest BCUT2D eigenvalue weighted by Gasteiger charge is -2.24. The zero-order chi connectivity index (χ0) is 19.3. The Morgan fingerprint density at radius 1 is 0.704 bits per heavy atom. The van der Waals surface area contributed by atoms with Crippen LogP contribution in [0.5, 0.6) is 0 Å². The molecule has 0 saturated carbocycles. The highest BCUT2D eigenvalue weighted by molar-refractivity contribution is 5.35. The van der Waals surface area contributed by atoms with Crippen molar-refractivity contribution in [2.75, 3.05) is 0 Å². The van der Waals surface area contributed by atoms with E-state index in [0.717, 1.165) is 16.7 Å². The van der Waals surface area contributed by atoms with Gasteiger partial charge in [0.25, 0.3) is 0 Å². The van der Waals surface area contributed by atoms with Crippen LogP contribution in [0.3, 0.4) is 0 Å². The summed E-state index contributed by atoms with van der Waals surface area (Å²) < 4.78 is 0. The average molecular weight is 354 g/mol. The van der Waals surface area contributed by atoms with Crippen LogP contribution >= 0.6 is 0 Å². The second-order valence-corrected chi connectivity index (χ2v) is 7.86. The van der Waals surface area contributed by atoms with Gasteiger partial charge in [-0.1, -0.05) is 106 Å². The van der Waals surface area contributed by atoms with Crippen LogP contribution in [0.15, 0.2) is 84.9 Å². The number of nitrogens with zero attached hydrogens (tertiary/aromatic N) is 1. The number of nitrogens with one attached hydrogen (secondary N) is 1. The Kier molecular flexibility index (Phi) is 5.74. The van der Waals surface area contributed by atoms with Gasteiger partial charge in [0.15, 0.2) is 0 Å². The Morgan fingerprint density at radius 2 is 1.19 bits per heavy atom. The standard InChI is InChI=1S/C25H26N2/c1-25(2,3)22-16-14-19(15-17-22)23(18-26)27-24(20-10-6-4-7-11-20)21-12-8-5-9-13-21/h4-17,23-24,27H,1-3H3/t23-/m0/s1. The summed E-state index contributed by atoms with van der Waals surface area (Å²) in [5, 5.41) is 13.4. The first kappa shape index (κ1) is 18.9. The SMILES string of the molecule is CC(C)(C)c1ccc([C@H](C#N)NC(c2ccccc2)c2ccccc2)cc1. The van der Waals surface area contributed by atoms with Crippen LogP contribution < -0.4 is 5.32 Å². The largest absolute Gasteiger partial charge is 0.287 e. The predicted molar refractivity (Wildman–Crippen MR) is 111 cm³/mol. The molecule has 0 bridgehead atoms. The molecule has 1 N–H and O–H groups in total. The van der Waals surface area contributed by atoms with E-state index in [2.05, 4.69) is 80.7 Å². The predicted octanol–water partition coefficient (Wildman–Crippen LogP) is 5.93. The van der Waals surface area contributed by atoms with Crippen molar-refractivity contribution < 1.29 is 0 Å². The summed E-state index contributed by atoms with van der Waals surface area (Å²) >= 11 is 0. The van der Waals surface area contributed by atoms with Crippen molar-refractivity contribution >= 4 is 0 Å². The highest BCUT2D eigenvalue weighted by Crippen LogP contribution is 2.28. The van der Waals surface area contributed by atoms with Crippen molar-refractivity contribution in [2.24, 2.45) is 0 Å². The van der Waals surface area contributed by atoms with Gasteiger partial charge in [0.05, 0.1) is 12.1 Å². The smallest absolute Gasteiger partial charge is 0.122 e. The van der Waals surface area contributed by atoms with Gasteiger partial charge >= 0.3 is 0 Å². The summed E-state index contributed by atoms with van der Waals surface area (Å²) in [6.07, 6.45) is 0. The van der Waals surface area contributed by atoms with Gasteiger partial charge < -0.3 is 0 Å². The molecule has 2 nitrogen and oxygen atoms in total. The Morgan fingerprint density at radius 3 is 1.59 bits per heavy atom. The minimum Gasteiger partial charge on any atom is -0.287 e. The summed E-state index contributed by atoms with van der Waals surface area (Å²) in [4.78, 5) is 0. The van der Waals surface area contributed by atoms with E-state index in [0.29, 0.717) is 0 Å². The molecule has 0 unspecified atom stereocenters. The van der Waals surface area contributed by atoms with Crippen LogP contribution in [0.1, 0.15) is 55.1 Å². The van der Waals surface area contributed by atoms with E-state index >= 15 is 0 Å². The van der Waals surface area contributed by atoms with Crippen LogP contribution in [-0.4, -0.2) is 0 Å². The van der Waals surface area contributed by atoms with E-state index in [1.165, 1.54) is 5.56 Å². The van der Waals surface area contributed by atoms with Crippen molar-refractivity contribution in [3.05, 3.63) is 107 Å². The Labute approximate surface area is 162 Å². The Hall–Kier alpha value is -2.89. The van der Waals surface area contributed by atoms with Crippen molar-refractivity contribution in [2.45, 2.75) is 38.3 Å². The molecule has 0 fully saturated rings. The Bertz CT molecular complexity index is 846. The molecule has 0 spiro atoms. The molecular weight excluding hydrogens is 328 g/mol. The van der Waals surface area contributed by atoms with Gasteiger partial charge in [-0.3, -0.25) is 5.32 Å². The second kappa shape index (κ2) is 8.20. The first-order valence-corrected chi connectivity index (χ1v) is 9.35. The first-order chi connectivity index (χ1) is 13.0. The van der Waals surface area contributed by atoms with Gasteiger partial charge in [-0.25, -0.2) is 0 Å². The number of rotatable bonds is 5. The van der Waals surface area contributed by atoms with E-state index in [1.807, 2.05) is 36.4 Å². The van der Waals surface area contributed by atoms with Crippen LogP contribution in [0.25, 0.3) is 0 Å². The van der Waals surface area contributed by atoms with Crippen molar-refractivity contribution in [1.29, 1.82) is 5.26 Å². The van der Waals surface area contributed by atoms with Gasteiger partial charge in [0.1, 0.15) is 6.04 Å². The average Bonchev–Trinajstić information content (AvgIpc) is 2.70. The third-order valence-electron chi connectivity index (χ3n) is 4.84. The van der Waals surface area contributed by atoms with Crippen LogP contribution in [0.4, 0.5) is 0 Å². The van der Waals surface area contributed by atoms with Crippen molar-refractivity contribution in [3.8, 4) is 6.07 Å². The third-order valence-corrected chi connectivity index (χ3v) is 4.84.